The molecule has 2 aromatic heterocycles. The Bertz CT molecular complexity index is 884. The summed E-state index contributed by atoms with van der Waals surface area (Å²) in [6.07, 6.45) is 2.65. The van der Waals surface area contributed by atoms with Gasteiger partial charge in [0.05, 0.1) is 12.3 Å². The lowest BCUT2D eigenvalue weighted by Crippen LogP contribution is -2.48. The zero-order chi connectivity index (χ0) is 20.2. The summed E-state index contributed by atoms with van der Waals surface area (Å²) in [5.74, 6) is 2.03. The van der Waals surface area contributed by atoms with Crippen molar-refractivity contribution in [1.82, 2.24) is 25.1 Å². The van der Waals surface area contributed by atoms with Crippen LogP contribution in [0.5, 0.6) is 0 Å². The molecule has 1 unspecified atom stereocenters. The molecular formula is C21H27FN6O. The molecule has 0 spiro atoms. The maximum Gasteiger partial charge on any atom is 0.168 e. The van der Waals surface area contributed by atoms with Crippen LogP contribution >= 0.6 is 0 Å². The molecule has 8 heteroatoms. The van der Waals surface area contributed by atoms with Crippen molar-refractivity contribution < 1.29 is 8.81 Å². The summed E-state index contributed by atoms with van der Waals surface area (Å²) in [5, 5.41) is 12.5. The van der Waals surface area contributed by atoms with Gasteiger partial charge < -0.3 is 9.32 Å². The van der Waals surface area contributed by atoms with Crippen LogP contribution in [0.1, 0.15) is 37.9 Å². The van der Waals surface area contributed by atoms with E-state index in [2.05, 4.69) is 39.2 Å². The number of tetrazole rings is 1. The van der Waals surface area contributed by atoms with E-state index in [4.69, 9.17) is 4.42 Å². The van der Waals surface area contributed by atoms with E-state index in [-0.39, 0.29) is 11.9 Å². The lowest BCUT2D eigenvalue weighted by Gasteiger charge is -2.40. The van der Waals surface area contributed by atoms with E-state index in [0.717, 1.165) is 49.9 Å². The van der Waals surface area contributed by atoms with E-state index in [1.54, 1.807) is 6.26 Å². The molecule has 0 saturated carbocycles. The third kappa shape index (κ3) is 4.64. The summed E-state index contributed by atoms with van der Waals surface area (Å²) >= 11 is 0. The van der Waals surface area contributed by atoms with Crippen molar-refractivity contribution in [2.24, 2.45) is 5.92 Å². The summed E-state index contributed by atoms with van der Waals surface area (Å²) in [4.78, 5) is 4.76. The van der Waals surface area contributed by atoms with Crippen LogP contribution in [0, 0.1) is 11.7 Å². The van der Waals surface area contributed by atoms with Crippen LogP contribution in [0.2, 0.25) is 0 Å². The standard InChI is InChI=1S/C21H27FN6O/c1-16(2)14-20(21-23-24-25-28(21)15-19-4-3-13-29-19)27-11-9-26(10-12-27)18-7-5-17(22)6-8-18/h3-8,13,16,20H,9-12,14-15H2,1-2H3. The molecule has 7 nitrogen and oxygen atoms in total. The second-order valence-corrected chi connectivity index (χ2v) is 7.92. The van der Waals surface area contributed by atoms with E-state index in [9.17, 15) is 4.39 Å². The minimum atomic E-state index is -0.201. The Labute approximate surface area is 170 Å². The number of anilines is 1. The molecule has 1 saturated heterocycles. The van der Waals surface area contributed by atoms with Crippen molar-refractivity contribution >= 4 is 5.69 Å². The molecule has 1 aliphatic rings. The zero-order valence-electron chi connectivity index (χ0n) is 16.9. The van der Waals surface area contributed by atoms with Gasteiger partial charge in [0.1, 0.15) is 18.1 Å². The normalized spacial score (nSPS) is 16.5. The van der Waals surface area contributed by atoms with Gasteiger partial charge in [0.2, 0.25) is 0 Å². The Morgan fingerprint density at radius 3 is 2.48 bits per heavy atom. The van der Waals surface area contributed by atoms with E-state index in [1.807, 2.05) is 28.9 Å². The Balaban J connectivity index is 1.48. The van der Waals surface area contributed by atoms with E-state index >= 15 is 0 Å². The first-order chi connectivity index (χ1) is 14.1. The molecule has 4 rings (SSSR count). The molecule has 1 aliphatic heterocycles. The number of piperazine rings is 1. The highest BCUT2D eigenvalue weighted by atomic mass is 19.1. The predicted octanol–water partition coefficient (Wildman–Crippen LogP) is 3.36. The molecule has 0 N–H and O–H groups in total. The van der Waals surface area contributed by atoms with Crippen molar-refractivity contribution in [1.29, 1.82) is 0 Å². The largest absolute Gasteiger partial charge is 0.467 e. The third-order valence-electron chi connectivity index (χ3n) is 5.38. The Morgan fingerprint density at radius 1 is 1.07 bits per heavy atom. The number of aromatic nitrogens is 4. The van der Waals surface area contributed by atoms with Crippen LogP contribution < -0.4 is 4.90 Å². The highest BCUT2D eigenvalue weighted by molar-refractivity contribution is 5.46. The van der Waals surface area contributed by atoms with Gasteiger partial charge in [-0.05, 0) is 59.2 Å². The number of hydrogen-bond acceptors (Lipinski definition) is 6. The smallest absolute Gasteiger partial charge is 0.168 e. The monoisotopic (exact) mass is 398 g/mol. The molecule has 1 fully saturated rings. The molecule has 3 heterocycles. The van der Waals surface area contributed by atoms with Crippen LogP contribution in [0.4, 0.5) is 10.1 Å². The molecule has 0 amide bonds. The highest BCUT2D eigenvalue weighted by Gasteiger charge is 2.30. The quantitative estimate of drug-likeness (QED) is 0.608. The first-order valence-electron chi connectivity index (χ1n) is 10.1. The number of furan rings is 1. The van der Waals surface area contributed by atoms with Crippen LogP contribution in [0.25, 0.3) is 0 Å². The fraction of sp³-hybridized carbons (Fsp3) is 0.476. The maximum absolute atomic E-state index is 13.2. The van der Waals surface area contributed by atoms with Crippen molar-refractivity contribution in [2.45, 2.75) is 32.9 Å². The van der Waals surface area contributed by atoms with E-state index in [1.165, 1.54) is 12.1 Å². The number of rotatable bonds is 7. The minimum Gasteiger partial charge on any atom is -0.467 e. The fourth-order valence-electron chi connectivity index (χ4n) is 3.92. The average molecular weight is 398 g/mol. The SMILES string of the molecule is CC(C)CC(c1nnnn1Cc1ccco1)N1CCN(c2ccc(F)cc2)CC1. The summed E-state index contributed by atoms with van der Waals surface area (Å²) in [6, 6.07) is 10.7. The van der Waals surface area contributed by atoms with Crippen LogP contribution in [0.3, 0.4) is 0 Å². The highest BCUT2D eigenvalue weighted by Crippen LogP contribution is 2.28. The number of hydrogen-bond donors (Lipinski definition) is 0. The lowest BCUT2D eigenvalue weighted by atomic mass is 10.0. The molecule has 0 bridgehead atoms. The molecule has 3 aromatic rings. The molecule has 1 aromatic carbocycles. The van der Waals surface area contributed by atoms with Gasteiger partial charge in [-0.1, -0.05) is 13.8 Å². The molecule has 154 valence electrons. The lowest BCUT2D eigenvalue weighted by molar-refractivity contribution is 0.153. The molecule has 0 aliphatic carbocycles. The van der Waals surface area contributed by atoms with Crippen molar-refractivity contribution in [2.75, 3.05) is 31.1 Å². The maximum atomic E-state index is 13.2. The molecule has 29 heavy (non-hydrogen) atoms. The third-order valence-corrected chi connectivity index (χ3v) is 5.38. The van der Waals surface area contributed by atoms with Gasteiger partial charge in [-0.2, -0.15) is 0 Å². The molecular weight excluding hydrogens is 371 g/mol. The molecule has 1 atom stereocenters. The van der Waals surface area contributed by atoms with Gasteiger partial charge in [0.15, 0.2) is 5.82 Å². The minimum absolute atomic E-state index is 0.148. The van der Waals surface area contributed by atoms with Gasteiger partial charge >= 0.3 is 0 Å². The summed E-state index contributed by atoms with van der Waals surface area (Å²) in [6.45, 7) is 8.56. The van der Waals surface area contributed by atoms with E-state index in [0.29, 0.717) is 12.5 Å². The Morgan fingerprint density at radius 2 is 1.83 bits per heavy atom. The average Bonchev–Trinajstić information content (AvgIpc) is 3.39. The van der Waals surface area contributed by atoms with Crippen molar-refractivity contribution in [3.8, 4) is 0 Å². The topological polar surface area (TPSA) is 63.2 Å². The van der Waals surface area contributed by atoms with Gasteiger partial charge in [0, 0.05) is 31.9 Å². The first kappa shape index (κ1) is 19.6. The fourth-order valence-corrected chi connectivity index (χ4v) is 3.92. The zero-order valence-corrected chi connectivity index (χ0v) is 16.9. The van der Waals surface area contributed by atoms with Crippen molar-refractivity contribution in [3.05, 3.63) is 60.1 Å². The van der Waals surface area contributed by atoms with Crippen LogP contribution in [-0.2, 0) is 6.54 Å². The van der Waals surface area contributed by atoms with Crippen molar-refractivity contribution in [3.63, 3.8) is 0 Å². The summed E-state index contributed by atoms with van der Waals surface area (Å²) < 4.78 is 20.5. The Hall–Kier alpha value is -2.74. The number of nitrogens with zero attached hydrogens (tertiary/aromatic N) is 6. The second-order valence-electron chi connectivity index (χ2n) is 7.92. The van der Waals surface area contributed by atoms with Gasteiger partial charge in [0.25, 0.3) is 0 Å². The number of benzene rings is 1. The first-order valence-corrected chi connectivity index (χ1v) is 10.1. The van der Waals surface area contributed by atoms with Crippen LogP contribution in [0.15, 0.2) is 47.1 Å². The Kier molecular flexibility index (Phi) is 5.89. The molecule has 0 radical (unpaired) electrons. The van der Waals surface area contributed by atoms with Gasteiger partial charge in [-0.3, -0.25) is 4.90 Å². The second kappa shape index (κ2) is 8.73. The van der Waals surface area contributed by atoms with Gasteiger partial charge in [-0.15, -0.1) is 5.10 Å². The summed E-state index contributed by atoms with van der Waals surface area (Å²) in [7, 11) is 0. The summed E-state index contributed by atoms with van der Waals surface area (Å²) in [5.41, 5.74) is 1.06. The van der Waals surface area contributed by atoms with Gasteiger partial charge in [-0.25, -0.2) is 9.07 Å². The van der Waals surface area contributed by atoms with Crippen LogP contribution in [-0.4, -0.2) is 51.3 Å². The predicted molar refractivity (Wildman–Crippen MR) is 108 cm³/mol. The number of halogens is 1. The van der Waals surface area contributed by atoms with E-state index < -0.39 is 0 Å².